The Bertz CT molecular complexity index is 1390. The van der Waals surface area contributed by atoms with E-state index in [4.69, 9.17) is 14.2 Å². The maximum atomic E-state index is 12.9. The summed E-state index contributed by atoms with van der Waals surface area (Å²) in [5, 5.41) is 2.57. The molecule has 3 aromatic carbocycles. The Hall–Kier alpha value is -4.24. The van der Waals surface area contributed by atoms with Crippen molar-refractivity contribution in [3.05, 3.63) is 88.8 Å². The Balaban J connectivity index is 1.39. The molecule has 1 heterocycles. The van der Waals surface area contributed by atoms with Gasteiger partial charge in [-0.1, -0.05) is 56.3 Å². The molecular formula is C31H32N2O6S. The molecule has 0 spiro atoms. The fraction of sp³-hybridized carbons (Fsp3) is 0.258. The van der Waals surface area contributed by atoms with Crippen LogP contribution in [0.25, 0.3) is 6.08 Å². The molecule has 1 fully saturated rings. The highest BCUT2D eigenvalue weighted by Crippen LogP contribution is 2.35. The number of amides is 3. The molecular weight excluding hydrogens is 528 g/mol. The first-order chi connectivity index (χ1) is 19.4. The molecule has 9 heteroatoms. The molecule has 0 bridgehead atoms. The largest absolute Gasteiger partial charge is 0.492 e. The number of para-hydroxylation sites is 2. The molecule has 0 atom stereocenters. The molecule has 1 aliphatic rings. The van der Waals surface area contributed by atoms with Gasteiger partial charge < -0.3 is 19.5 Å². The van der Waals surface area contributed by atoms with E-state index in [1.165, 1.54) is 4.90 Å². The SMILES string of the molecule is CCOc1cc(/C=C2\SC(=O)N(CCOc3ccccc3)C2=O)ccc1OCC(=O)Nc1ccccc1C(C)C. The molecule has 8 nitrogen and oxygen atoms in total. The summed E-state index contributed by atoms with van der Waals surface area (Å²) in [6, 6.07) is 22.0. The summed E-state index contributed by atoms with van der Waals surface area (Å²) in [5.74, 6) is 1.11. The van der Waals surface area contributed by atoms with Crippen molar-refractivity contribution in [3.63, 3.8) is 0 Å². The molecule has 1 aliphatic heterocycles. The predicted molar refractivity (Wildman–Crippen MR) is 157 cm³/mol. The minimum absolute atomic E-state index is 0.150. The van der Waals surface area contributed by atoms with Gasteiger partial charge in [0, 0.05) is 5.69 Å². The average Bonchev–Trinajstić information content (AvgIpc) is 3.21. The maximum Gasteiger partial charge on any atom is 0.293 e. The van der Waals surface area contributed by atoms with Crippen LogP contribution in [0.4, 0.5) is 10.5 Å². The van der Waals surface area contributed by atoms with Crippen LogP contribution < -0.4 is 19.5 Å². The summed E-state index contributed by atoms with van der Waals surface area (Å²) < 4.78 is 17.1. The van der Waals surface area contributed by atoms with E-state index >= 15 is 0 Å². The smallest absolute Gasteiger partial charge is 0.293 e. The lowest BCUT2D eigenvalue weighted by Gasteiger charge is -2.15. The van der Waals surface area contributed by atoms with Crippen LogP contribution in [0.15, 0.2) is 77.7 Å². The first-order valence-electron chi connectivity index (χ1n) is 13.1. The number of carbonyl (C=O) groups is 3. The van der Waals surface area contributed by atoms with Crippen LogP contribution in [0.2, 0.25) is 0 Å². The lowest BCUT2D eigenvalue weighted by atomic mass is 10.0. The zero-order valence-corrected chi connectivity index (χ0v) is 23.5. The summed E-state index contributed by atoms with van der Waals surface area (Å²) in [5.41, 5.74) is 2.47. The fourth-order valence-electron chi connectivity index (χ4n) is 4.06. The zero-order valence-electron chi connectivity index (χ0n) is 22.7. The quantitative estimate of drug-likeness (QED) is 0.258. The molecule has 1 saturated heterocycles. The van der Waals surface area contributed by atoms with Crippen molar-refractivity contribution in [2.75, 3.05) is 31.7 Å². The number of benzene rings is 3. The van der Waals surface area contributed by atoms with E-state index in [9.17, 15) is 14.4 Å². The number of carbonyl (C=O) groups excluding carboxylic acids is 3. The minimum atomic E-state index is -0.372. The third-order valence-corrected chi connectivity index (χ3v) is 6.89. The van der Waals surface area contributed by atoms with Gasteiger partial charge in [0.15, 0.2) is 18.1 Å². The van der Waals surface area contributed by atoms with Gasteiger partial charge in [-0.05, 0) is 72.1 Å². The van der Waals surface area contributed by atoms with Crippen LogP contribution in [-0.4, -0.2) is 48.3 Å². The lowest BCUT2D eigenvalue weighted by Crippen LogP contribution is -2.32. The van der Waals surface area contributed by atoms with Gasteiger partial charge in [0.25, 0.3) is 17.1 Å². The normalized spacial score (nSPS) is 14.1. The highest BCUT2D eigenvalue weighted by Gasteiger charge is 2.34. The summed E-state index contributed by atoms with van der Waals surface area (Å²) in [6.45, 7) is 6.51. The van der Waals surface area contributed by atoms with Crippen molar-refractivity contribution >= 4 is 40.6 Å². The molecule has 1 N–H and O–H groups in total. The molecule has 0 aliphatic carbocycles. The van der Waals surface area contributed by atoms with Crippen LogP contribution in [0, 0.1) is 0 Å². The van der Waals surface area contributed by atoms with Gasteiger partial charge in [0.05, 0.1) is 18.1 Å². The second kappa shape index (κ2) is 13.7. The Kier molecular flexibility index (Phi) is 9.86. The molecule has 0 aromatic heterocycles. The van der Waals surface area contributed by atoms with Crippen molar-refractivity contribution < 1.29 is 28.6 Å². The minimum Gasteiger partial charge on any atom is -0.492 e. The van der Waals surface area contributed by atoms with E-state index in [0.717, 1.165) is 23.0 Å². The van der Waals surface area contributed by atoms with Gasteiger partial charge >= 0.3 is 0 Å². The molecule has 3 aromatic rings. The molecule has 4 rings (SSSR count). The number of ether oxygens (including phenoxy) is 3. The van der Waals surface area contributed by atoms with E-state index in [1.54, 1.807) is 24.3 Å². The van der Waals surface area contributed by atoms with Crippen molar-refractivity contribution in [2.45, 2.75) is 26.7 Å². The van der Waals surface area contributed by atoms with Crippen molar-refractivity contribution in [1.29, 1.82) is 0 Å². The number of nitrogens with zero attached hydrogens (tertiary/aromatic N) is 1. The first kappa shape index (κ1) is 28.8. The molecule has 0 saturated carbocycles. The van der Waals surface area contributed by atoms with Crippen LogP contribution >= 0.6 is 11.8 Å². The molecule has 40 heavy (non-hydrogen) atoms. The third-order valence-electron chi connectivity index (χ3n) is 5.98. The van der Waals surface area contributed by atoms with E-state index < -0.39 is 0 Å². The fourth-order valence-corrected chi connectivity index (χ4v) is 4.93. The average molecular weight is 561 g/mol. The van der Waals surface area contributed by atoms with Gasteiger partial charge in [-0.25, -0.2) is 0 Å². The van der Waals surface area contributed by atoms with Crippen LogP contribution in [0.3, 0.4) is 0 Å². The second-order valence-corrected chi connectivity index (χ2v) is 10.2. The van der Waals surface area contributed by atoms with Gasteiger partial charge in [-0.3, -0.25) is 19.3 Å². The van der Waals surface area contributed by atoms with Gasteiger partial charge in [-0.15, -0.1) is 0 Å². The van der Waals surface area contributed by atoms with E-state index in [-0.39, 0.29) is 42.7 Å². The van der Waals surface area contributed by atoms with E-state index in [1.807, 2.05) is 61.5 Å². The predicted octanol–water partition coefficient (Wildman–Crippen LogP) is 6.34. The number of hydrogen-bond acceptors (Lipinski definition) is 7. The van der Waals surface area contributed by atoms with Gasteiger partial charge in [-0.2, -0.15) is 0 Å². The lowest BCUT2D eigenvalue weighted by molar-refractivity contribution is -0.123. The number of nitrogens with one attached hydrogen (secondary N) is 1. The Morgan fingerprint density at radius 2 is 1.70 bits per heavy atom. The highest BCUT2D eigenvalue weighted by atomic mass is 32.2. The van der Waals surface area contributed by atoms with Crippen molar-refractivity contribution in [3.8, 4) is 17.2 Å². The second-order valence-electron chi connectivity index (χ2n) is 9.21. The zero-order chi connectivity index (χ0) is 28.5. The molecule has 0 unspecified atom stereocenters. The Morgan fingerprint density at radius 1 is 0.950 bits per heavy atom. The van der Waals surface area contributed by atoms with Crippen molar-refractivity contribution in [1.82, 2.24) is 4.90 Å². The maximum absolute atomic E-state index is 12.9. The van der Waals surface area contributed by atoms with Crippen LogP contribution in [0.5, 0.6) is 17.2 Å². The molecule has 3 amide bonds. The Labute approximate surface area is 238 Å². The number of hydrogen-bond donors (Lipinski definition) is 1. The summed E-state index contributed by atoms with van der Waals surface area (Å²) in [6.07, 6.45) is 1.64. The number of imide groups is 1. The van der Waals surface area contributed by atoms with E-state index in [0.29, 0.717) is 34.3 Å². The standard InChI is InChI=1S/C31H32N2O6S/c1-4-37-27-18-22(14-15-26(27)39-20-29(34)32-25-13-9-8-12-24(25)21(2)3)19-28-30(35)33(31(36)40-28)16-17-38-23-10-6-5-7-11-23/h5-15,18-19,21H,4,16-17,20H2,1-3H3,(H,32,34)/b28-19-. The Morgan fingerprint density at radius 3 is 2.45 bits per heavy atom. The van der Waals surface area contributed by atoms with Gasteiger partial charge in [0.1, 0.15) is 12.4 Å². The summed E-state index contributed by atoms with van der Waals surface area (Å²) in [4.78, 5) is 39.5. The molecule has 0 radical (unpaired) electrons. The van der Waals surface area contributed by atoms with Crippen molar-refractivity contribution in [2.24, 2.45) is 0 Å². The number of rotatable bonds is 12. The highest BCUT2D eigenvalue weighted by molar-refractivity contribution is 8.18. The topological polar surface area (TPSA) is 94.2 Å². The summed E-state index contributed by atoms with van der Waals surface area (Å²) >= 11 is 0.882. The summed E-state index contributed by atoms with van der Waals surface area (Å²) in [7, 11) is 0. The van der Waals surface area contributed by atoms with E-state index in [2.05, 4.69) is 19.2 Å². The number of thioether (sulfide) groups is 1. The molecule has 208 valence electrons. The first-order valence-corrected chi connectivity index (χ1v) is 13.9. The van der Waals surface area contributed by atoms with Gasteiger partial charge in [0.2, 0.25) is 0 Å². The van der Waals surface area contributed by atoms with Crippen LogP contribution in [-0.2, 0) is 9.59 Å². The monoisotopic (exact) mass is 560 g/mol. The number of anilines is 1. The third kappa shape index (κ3) is 7.45. The van der Waals surface area contributed by atoms with Crippen LogP contribution in [0.1, 0.15) is 37.8 Å².